The van der Waals surface area contributed by atoms with Crippen LogP contribution in [0.2, 0.25) is 0 Å². The lowest BCUT2D eigenvalue weighted by atomic mass is 10.1. The van der Waals surface area contributed by atoms with E-state index in [4.69, 9.17) is 9.47 Å². The lowest BCUT2D eigenvalue weighted by Gasteiger charge is -2.12. The third-order valence-corrected chi connectivity index (χ3v) is 3.46. The molecule has 0 bridgehead atoms. The Kier molecular flexibility index (Phi) is 6.33. The summed E-state index contributed by atoms with van der Waals surface area (Å²) in [7, 11) is 0. The molecule has 0 saturated carbocycles. The molecule has 3 nitrogen and oxygen atoms in total. The van der Waals surface area contributed by atoms with Gasteiger partial charge >= 0.3 is 0 Å². The minimum Gasteiger partial charge on any atom is -0.493 e. The predicted molar refractivity (Wildman–Crippen MR) is 96.7 cm³/mol. The van der Waals surface area contributed by atoms with Gasteiger partial charge in [0.2, 0.25) is 0 Å². The van der Waals surface area contributed by atoms with Crippen LogP contribution in [0.4, 0.5) is 5.69 Å². The summed E-state index contributed by atoms with van der Waals surface area (Å²) >= 11 is 0. The van der Waals surface area contributed by atoms with Gasteiger partial charge in [-0.2, -0.15) is 0 Å². The molecule has 0 unspecified atom stereocenters. The molecule has 0 heterocycles. The minimum atomic E-state index is 0.537. The molecular formula is C20H27NO2. The molecule has 2 aromatic rings. The first-order valence-corrected chi connectivity index (χ1v) is 8.21. The highest BCUT2D eigenvalue weighted by molar-refractivity contribution is 5.46. The molecule has 0 aliphatic carbocycles. The molecule has 124 valence electrons. The van der Waals surface area contributed by atoms with Crippen molar-refractivity contribution >= 4 is 5.69 Å². The Morgan fingerprint density at radius 1 is 0.957 bits per heavy atom. The zero-order valence-electron chi connectivity index (χ0n) is 14.6. The summed E-state index contributed by atoms with van der Waals surface area (Å²) in [6, 6.07) is 14.3. The second-order valence-corrected chi connectivity index (χ2v) is 6.27. The fourth-order valence-corrected chi connectivity index (χ4v) is 2.25. The molecule has 3 heteroatoms. The molecule has 0 radical (unpaired) electrons. The molecule has 2 rings (SSSR count). The maximum Gasteiger partial charge on any atom is 0.122 e. The number of nitrogens with one attached hydrogen (secondary N) is 1. The van der Waals surface area contributed by atoms with Crippen LogP contribution in [0.5, 0.6) is 11.5 Å². The van der Waals surface area contributed by atoms with Crippen LogP contribution >= 0.6 is 0 Å². The zero-order valence-corrected chi connectivity index (χ0v) is 14.6. The molecule has 0 atom stereocenters. The quantitative estimate of drug-likeness (QED) is 0.708. The molecule has 2 aromatic carbocycles. The van der Waals surface area contributed by atoms with Gasteiger partial charge in [0, 0.05) is 12.2 Å². The van der Waals surface area contributed by atoms with Crippen molar-refractivity contribution < 1.29 is 9.47 Å². The number of rotatable bonds is 8. The Bertz CT molecular complexity index is 606. The smallest absolute Gasteiger partial charge is 0.122 e. The summed E-state index contributed by atoms with van der Waals surface area (Å²) in [5.41, 5.74) is 3.51. The Hall–Kier alpha value is -2.16. The standard InChI is InChI=1S/C20H27NO2/c1-15(2)14-23-19-8-6-18(7-9-19)21-11-12-22-20-10-5-16(3)13-17(20)4/h5-10,13,15,21H,11-12,14H2,1-4H3. The summed E-state index contributed by atoms with van der Waals surface area (Å²) in [6.07, 6.45) is 0. The third-order valence-electron chi connectivity index (χ3n) is 3.46. The number of benzene rings is 2. The first kappa shape index (κ1) is 17.2. The number of ether oxygens (including phenoxy) is 2. The van der Waals surface area contributed by atoms with Crippen LogP contribution in [0.15, 0.2) is 42.5 Å². The first-order chi connectivity index (χ1) is 11.0. The van der Waals surface area contributed by atoms with E-state index in [1.807, 2.05) is 30.3 Å². The van der Waals surface area contributed by atoms with Gasteiger partial charge in [-0.25, -0.2) is 0 Å². The Labute approximate surface area is 139 Å². The second-order valence-electron chi connectivity index (χ2n) is 6.27. The van der Waals surface area contributed by atoms with Crippen LogP contribution in [0.1, 0.15) is 25.0 Å². The molecule has 1 N–H and O–H groups in total. The maximum atomic E-state index is 5.81. The minimum absolute atomic E-state index is 0.537. The highest BCUT2D eigenvalue weighted by atomic mass is 16.5. The van der Waals surface area contributed by atoms with Gasteiger partial charge in [0.25, 0.3) is 0 Å². The van der Waals surface area contributed by atoms with Crippen LogP contribution in [-0.4, -0.2) is 19.8 Å². The van der Waals surface area contributed by atoms with Crippen LogP contribution in [-0.2, 0) is 0 Å². The average molecular weight is 313 g/mol. The average Bonchev–Trinajstić information content (AvgIpc) is 2.52. The molecule has 0 aromatic heterocycles. The van der Waals surface area contributed by atoms with Crippen LogP contribution in [0.25, 0.3) is 0 Å². The normalized spacial score (nSPS) is 10.7. The molecule has 0 saturated heterocycles. The Morgan fingerprint density at radius 2 is 1.70 bits per heavy atom. The van der Waals surface area contributed by atoms with E-state index >= 15 is 0 Å². The monoisotopic (exact) mass is 313 g/mol. The molecule has 0 aliphatic rings. The molecule has 0 fully saturated rings. The molecule has 0 amide bonds. The van der Waals surface area contributed by atoms with Gasteiger partial charge in [0.05, 0.1) is 6.61 Å². The fourth-order valence-electron chi connectivity index (χ4n) is 2.25. The van der Waals surface area contributed by atoms with E-state index < -0.39 is 0 Å². The summed E-state index contributed by atoms with van der Waals surface area (Å²) in [5.74, 6) is 2.40. The van der Waals surface area contributed by atoms with Gasteiger partial charge in [0.15, 0.2) is 0 Å². The maximum absolute atomic E-state index is 5.81. The van der Waals surface area contributed by atoms with E-state index in [9.17, 15) is 0 Å². The van der Waals surface area contributed by atoms with E-state index in [1.54, 1.807) is 0 Å². The van der Waals surface area contributed by atoms with Gasteiger partial charge in [-0.05, 0) is 55.7 Å². The van der Waals surface area contributed by atoms with Crippen molar-refractivity contribution in [1.82, 2.24) is 0 Å². The molecule has 0 spiro atoms. The van der Waals surface area contributed by atoms with Gasteiger partial charge < -0.3 is 14.8 Å². The summed E-state index contributed by atoms with van der Waals surface area (Å²) < 4.78 is 11.5. The van der Waals surface area contributed by atoms with E-state index in [0.717, 1.165) is 30.3 Å². The van der Waals surface area contributed by atoms with Crippen LogP contribution in [0.3, 0.4) is 0 Å². The van der Waals surface area contributed by atoms with Gasteiger partial charge in [-0.1, -0.05) is 31.5 Å². The van der Waals surface area contributed by atoms with Gasteiger partial charge in [0.1, 0.15) is 18.1 Å². The third kappa shape index (κ3) is 5.85. The predicted octanol–water partition coefficient (Wildman–Crippen LogP) is 4.83. The van der Waals surface area contributed by atoms with Crippen molar-refractivity contribution in [2.24, 2.45) is 5.92 Å². The summed E-state index contributed by atoms with van der Waals surface area (Å²) in [4.78, 5) is 0. The Morgan fingerprint density at radius 3 is 2.35 bits per heavy atom. The van der Waals surface area contributed by atoms with Gasteiger partial charge in [-0.15, -0.1) is 0 Å². The van der Waals surface area contributed by atoms with Crippen LogP contribution in [0, 0.1) is 19.8 Å². The number of aryl methyl sites for hydroxylation is 2. The SMILES string of the molecule is Cc1ccc(OCCNc2ccc(OCC(C)C)cc2)c(C)c1. The number of anilines is 1. The number of hydrogen-bond acceptors (Lipinski definition) is 3. The first-order valence-electron chi connectivity index (χ1n) is 8.21. The molecule has 23 heavy (non-hydrogen) atoms. The second kappa shape index (κ2) is 8.47. The van der Waals surface area contributed by atoms with E-state index in [0.29, 0.717) is 12.5 Å². The van der Waals surface area contributed by atoms with Crippen LogP contribution < -0.4 is 14.8 Å². The van der Waals surface area contributed by atoms with Gasteiger partial charge in [-0.3, -0.25) is 0 Å². The number of hydrogen-bond donors (Lipinski definition) is 1. The van der Waals surface area contributed by atoms with Crippen molar-refractivity contribution in [3.05, 3.63) is 53.6 Å². The van der Waals surface area contributed by atoms with E-state index in [1.165, 1.54) is 11.1 Å². The summed E-state index contributed by atoms with van der Waals surface area (Å²) in [5, 5.41) is 3.36. The topological polar surface area (TPSA) is 30.5 Å². The zero-order chi connectivity index (χ0) is 16.7. The molecular weight excluding hydrogens is 286 g/mol. The summed E-state index contributed by atoms with van der Waals surface area (Å²) in [6.45, 7) is 10.6. The lowest BCUT2D eigenvalue weighted by Crippen LogP contribution is -2.12. The van der Waals surface area contributed by atoms with Crippen molar-refractivity contribution in [2.45, 2.75) is 27.7 Å². The van der Waals surface area contributed by atoms with Crippen molar-refractivity contribution in [3.8, 4) is 11.5 Å². The van der Waals surface area contributed by atoms with E-state index in [2.05, 4.69) is 45.1 Å². The van der Waals surface area contributed by atoms with Crippen molar-refractivity contribution in [3.63, 3.8) is 0 Å². The highest BCUT2D eigenvalue weighted by Gasteiger charge is 2.00. The van der Waals surface area contributed by atoms with Crippen molar-refractivity contribution in [1.29, 1.82) is 0 Å². The van der Waals surface area contributed by atoms with Crippen molar-refractivity contribution in [2.75, 3.05) is 25.1 Å². The largest absolute Gasteiger partial charge is 0.493 e. The highest BCUT2D eigenvalue weighted by Crippen LogP contribution is 2.19. The Balaban J connectivity index is 1.73. The lowest BCUT2D eigenvalue weighted by molar-refractivity contribution is 0.271. The molecule has 0 aliphatic heterocycles. The van der Waals surface area contributed by atoms with E-state index in [-0.39, 0.29) is 0 Å². The fraction of sp³-hybridized carbons (Fsp3) is 0.400.